The van der Waals surface area contributed by atoms with Crippen LogP contribution in [-0.2, 0) is 0 Å². The fourth-order valence-electron chi connectivity index (χ4n) is 0.921. The molecule has 1 rings (SSSR count). The van der Waals surface area contributed by atoms with Gasteiger partial charge in [0.15, 0.2) is 0 Å². The Morgan fingerprint density at radius 3 is 2.77 bits per heavy atom. The molecular formula is C10H9ClO2. The van der Waals surface area contributed by atoms with Crippen molar-refractivity contribution in [2.45, 2.75) is 0 Å². The summed E-state index contributed by atoms with van der Waals surface area (Å²) in [5.41, 5.74) is 0.486. The molecule has 0 bridgehead atoms. The second-order valence-electron chi connectivity index (χ2n) is 2.47. The Hall–Kier alpha value is -1.28. The normalized spacial score (nSPS) is 9.38. The zero-order valence-corrected chi connectivity index (χ0v) is 7.97. The standard InChI is InChI=1S/C10H9ClO2/c1-7(11)10(12)8-4-3-5-9(6-8)13-2/h3-6H,1H2,2H3. The number of Topliss-reactive ketones (excluding diaryl/α,β-unsaturated/α-hetero) is 1. The first-order valence-corrected chi connectivity index (χ1v) is 4.06. The molecule has 0 saturated carbocycles. The number of hydrogen-bond donors (Lipinski definition) is 0. The average Bonchev–Trinajstić information content (AvgIpc) is 2.16. The number of carbonyl (C=O) groups is 1. The lowest BCUT2D eigenvalue weighted by Crippen LogP contribution is -1.97. The van der Waals surface area contributed by atoms with Crippen molar-refractivity contribution < 1.29 is 9.53 Å². The zero-order chi connectivity index (χ0) is 9.84. The van der Waals surface area contributed by atoms with Gasteiger partial charge in [-0.3, -0.25) is 4.79 Å². The molecule has 0 fully saturated rings. The molecule has 0 aliphatic rings. The third-order valence-electron chi connectivity index (χ3n) is 1.58. The SMILES string of the molecule is C=C(Cl)C(=O)c1cccc(OC)c1. The monoisotopic (exact) mass is 196 g/mol. The van der Waals surface area contributed by atoms with Crippen LogP contribution in [0.15, 0.2) is 35.9 Å². The molecule has 68 valence electrons. The van der Waals surface area contributed by atoms with Crippen LogP contribution in [0.25, 0.3) is 0 Å². The van der Waals surface area contributed by atoms with Crippen molar-refractivity contribution in [1.82, 2.24) is 0 Å². The van der Waals surface area contributed by atoms with Gasteiger partial charge >= 0.3 is 0 Å². The van der Waals surface area contributed by atoms with Gasteiger partial charge < -0.3 is 4.74 Å². The van der Waals surface area contributed by atoms with Gasteiger partial charge in [-0.25, -0.2) is 0 Å². The minimum absolute atomic E-state index is 0.00764. The predicted molar refractivity (Wildman–Crippen MR) is 52.3 cm³/mol. The van der Waals surface area contributed by atoms with Crippen LogP contribution in [0.1, 0.15) is 10.4 Å². The number of hydrogen-bond acceptors (Lipinski definition) is 2. The molecule has 0 N–H and O–H groups in total. The van der Waals surface area contributed by atoms with E-state index >= 15 is 0 Å². The molecule has 0 amide bonds. The molecule has 1 aromatic rings. The first kappa shape index (κ1) is 9.81. The molecule has 0 aliphatic heterocycles. The molecule has 0 heterocycles. The van der Waals surface area contributed by atoms with Crippen molar-refractivity contribution in [3.8, 4) is 5.75 Å². The molecule has 0 radical (unpaired) electrons. The van der Waals surface area contributed by atoms with Crippen LogP contribution in [0.3, 0.4) is 0 Å². The van der Waals surface area contributed by atoms with Gasteiger partial charge in [0.05, 0.1) is 12.1 Å². The number of benzene rings is 1. The van der Waals surface area contributed by atoms with E-state index in [0.29, 0.717) is 11.3 Å². The molecule has 2 nitrogen and oxygen atoms in total. The largest absolute Gasteiger partial charge is 0.497 e. The molecule has 1 aromatic carbocycles. The Bertz CT molecular complexity index is 345. The maximum atomic E-state index is 11.3. The van der Waals surface area contributed by atoms with E-state index in [4.69, 9.17) is 16.3 Å². The molecule has 0 aromatic heterocycles. The van der Waals surface area contributed by atoms with E-state index in [1.807, 2.05) is 0 Å². The van der Waals surface area contributed by atoms with Gasteiger partial charge in [0.25, 0.3) is 0 Å². The van der Waals surface area contributed by atoms with Crippen molar-refractivity contribution in [2.24, 2.45) is 0 Å². The second kappa shape index (κ2) is 4.10. The summed E-state index contributed by atoms with van der Waals surface area (Å²) in [5, 5.41) is 0.00764. The third-order valence-corrected chi connectivity index (χ3v) is 1.75. The Morgan fingerprint density at radius 1 is 1.54 bits per heavy atom. The summed E-state index contributed by atoms with van der Waals surface area (Å²) in [7, 11) is 1.54. The molecule has 0 spiro atoms. The summed E-state index contributed by atoms with van der Waals surface area (Å²) in [6.45, 7) is 3.36. The maximum absolute atomic E-state index is 11.3. The van der Waals surface area contributed by atoms with Gasteiger partial charge in [-0.1, -0.05) is 30.3 Å². The maximum Gasteiger partial charge on any atom is 0.203 e. The Balaban J connectivity index is 3.02. The van der Waals surface area contributed by atoms with E-state index in [1.165, 1.54) is 0 Å². The summed E-state index contributed by atoms with van der Waals surface area (Å²) < 4.78 is 4.96. The number of ketones is 1. The van der Waals surface area contributed by atoms with Crippen LogP contribution in [0.4, 0.5) is 0 Å². The van der Waals surface area contributed by atoms with E-state index in [1.54, 1.807) is 31.4 Å². The molecule has 0 atom stereocenters. The predicted octanol–water partition coefficient (Wildman–Crippen LogP) is 2.63. The van der Waals surface area contributed by atoms with Gasteiger partial charge in [-0.2, -0.15) is 0 Å². The fourth-order valence-corrected chi connectivity index (χ4v) is 1.03. The summed E-state index contributed by atoms with van der Waals surface area (Å²) in [6, 6.07) is 6.77. The Labute approximate surface area is 81.8 Å². The molecule has 0 aliphatic carbocycles. The zero-order valence-electron chi connectivity index (χ0n) is 7.21. The summed E-state index contributed by atoms with van der Waals surface area (Å²) in [4.78, 5) is 11.3. The van der Waals surface area contributed by atoms with Gasteiger partial charge in [-0.15, -0.1) is 0 Å². The van der Waals surface area contributed by atoms with Crippen molar-refractivity contribution in [3.63, 3.8) is 0 Å². The van der Waals surface area contributed by atoms with E-state index in [0.717, 1.165) is 0 Å². The fraction of sp³-hybridized carbons (Fsp3) is 0.100. The summed E-state index contributed by atoms with van der Waals surface area (Å²) >= 11 is 5.47. The minimum atomic E-state index is -0.277. The van der Waals surface area contributed by atoms with Gasteiger partial charge in [0.2, 0.25) is 5.78 Å². The highest BCUT2D eigenvalue weighted by atomic mass is 35.5. The van der Waals surface area contributed by atoms with Crippen LogP contribution in [0.2, 0.25) is 0 Å². The number of ether oxygens (including phenoxy) is 1. The number of rotatable bonds is 3. The summed E-state index contributed by atoms with van der Waals surface area (Å²) in [6.07, 6.45) is 0. The first-order valence-electron chi connectivity index (χ1n) is 3.68. The number of halogens is 1. The lowest BCUT2D eigenvalue weighted by Gasteiger charge is -2.01. The van der Waals surface area contributed by atoms with Crippen LogP contribution >= 0.6 is 11.6 Å². The quantitative estimate of drug-likeness (QED) is 0.549. The minimum Gasteiger partial charge on any atom is -0.497 e. The molecular weight excluding hydrogens is 188 g/mol. The third kappa shape index (κ3) is 2.33. The lowest BCUT2D eigenvalue weighted by molar-refractivity contribution is 0.104. The number of allylic oxidation sites excluding steroid dienone is 1. The van der Waals surface area contributed by atoms with Crippen molar-refractivity contribution in [2.75, 3.05) is 7.11 Å². The molecule has 0 unspecified atom stereocenters. The van der Waals surface area contributed by atoms with Crippen molar-refractivity contribution in [1.29, 1.82) is 0 Å². The molecule has 3 heteroatoms. The van der Waals surface area contributed by atoms with Gasteiger partial charge in [0, 0.05) is 5.56 Å². The number of carbonyl (C=O) groups excluding carboxylic acids is 1. The first-order chi connectivity index (χ1) is 6.15. The van der Waals surface area contributed by atoms with Crippen LogP contribution in [0.5, 0.6) is 5.75 Å². The Morgan fingerprint density at radius 2 is 2.23 bits per heavy atom. The van der Waals surface area contributed by atoms with Crippen molar-refractivity contribution in [3.05, 3.63) is 41.4 Å². The second-order valence-corrected chi connectivity index (χ2v) is 2.92. The highest BCUT2D eigenvalue weighted by Crippen LogP contribution is 2.16. The van der Waals surface area contributed by atoms with E-state index in [2.05, 4.69) is 6.58 Å². The molecule has 0 saturated heterocycles. The highest BCUT2D eigenvalue weighted by Gasteiger charge is 2.08. The van der Waals surface area contributed by atoms with Crippen LogP contribution in [0, 0.1) is 0 Å². The smallest absolute Gasteiger partial charge is 0.203 e. The van der Waals surface area contributed by atoms with Crippen molar-refractivity contribution >= 4 is 17.4 Å². The van der Waals surface area contributed by atoms with Gasteiger partial charge in [0.1, 0.15) is 5.75 Å². The average molecular weight is 197 g/mol. The summed E-state index contributed by atoms with van der Waals surface area (Å²) in [5.74, 6) is 0.351. The van der Waals surface area contributed by atoms with E-state index in [-0.39, 0.29) is 10.8 Å². The van der Waals surface area contributed by atoms with Crippen LogP contribution < -0.4 is 4.74 Å². The molecule has 13 heavy (non-hydrogen) atoms. The highest BCUT2D eigenvalue weighted by molar-refractivity contribution is 6.44. The van der Waals surface area contributed by atoms with Gasteiger partial charge in [-0.05, 0) is 12.1 Å². The Kier molecular flexibility index (Phi) is 3.09. The van der Waals surface area contributed by atoms with E-state index < -0.39 is 0 Å². The number of methoxy groups -OCH3 is 1. The van der Waals surface area contributed by atoms with E-state index in [9.17, 15) is 4.79 Å². The topological polar surface area (TPSA) is 26.3 Å². The lowest BCUT2D eigenvalue weighted by atomic mass is 10.1. The van der Waals surface area contributed by atoms with Crippen LogP contribution in [-0.4, -0.2) is 12.9 Å².